The van der Waals surface area contributed by atoms with Gasteiger partial charge in [0.25, 0.3) is 5.92 Å². The van der Waals surface area contributed by atoms with Crippen molar-refractivity contribution in [2.75, 3.05) is 33.3 Å². The number of halogens is 5. The maximum absolute atomic E-state index is 15.4. The largest absolute Gasteiger partial charge is 0.481 e. The first-order valence-electron chi connectivity index (χ1n) is 12.7. The van der Waals surface area contributed by atoms with Crippen molar-refractivity contribution >= 4 is 40.7 Å². The Morgan fingerprint density at radius 2 is 2.07 bits per heavy atom. The SMILES string of the molecule is COC(=O)C1=C(CN2CC(F)(F)[C@H]3[C@@H]2CCN3CC(C)C(=O)O)NC(c2nccs2)=NC1c1ccc(F)c(F)c1Cl. The molecule has 4 heterocycles. The number of nitrogens with zero attached hydrogens (tertiary/aromatic N) is 4. The van der Waals surface area contributed by atoms with E-state index in [1.807, 2.05) is 0 Å². The molecule has 5 rings (SSSR count). The van der Waals surface area contributed by atoms with E-state index < -0.39 is 65.1 Å². The summed E-state index contributed by atoms with van der Waals surface area (Å²) in [6, 6.07) is -1.03. The van der Waals surface area contributed by atoms with Crippen LogP contribution in [0.4, 0.5) is 17.6 Å². The summed E-state index contributed by atoms with van der Waals surface area (Å²) in [4.78, 5) is 36.4. The predicted octanol–water partition coefficient (Wildman–Crippen LogP) is 3.71. The average Bonchev–Trinajstić information content (AvgIpc) is 3.66. The number of carbonyl (C=O) groups is 2. The first-order valence-corrected chi connectivity index (χ1v) is 14.0. The Balaban J connectivity index is 1.55. The van der Waals surface area contributed by atoms with Crippen LogP contribution in [-0.4, -0.2) is 89.0 Å². The van der Waals surface area contributed by atoms with Crippen LogP contribution in [0.1, 0.15) is 30.0 Å². The molecular formula is C26H26ClF4N5O4S. The number of nitrogens with one attached hydrogen (secondary N) is 1. The van der Waals surface area contributed by atoms with E-state index in [1.54, 1.807) is 5.38 Å². The molecular weight excluding hydrogens is 590 g/mol. The van der Waals surface area contributed by atoms with Gasteiger partial charge in [-0.3, -0.25) is 19.6 Å². The van der Waals surface area contributed by atoms with E-state index in [-0.39, 0.29) is 42.3 Å². The number of hydrogen-bond acceptors (Lipinski definition) is 9. The molecule has 2 unspecified atom stereocenters. The van der Waals surface area contributed by atoms with Crippen molar-refractivity contribution in [1.29, 1.82) is 0 Å². The minimum Gasteiger partial charge on any atom is -0.481 e. The lowest BCUT2D eigenvalue weighted by molar-refractivity contribution is -0.142. The fourth-order valence-corrected chi connectivity index (χ4v) is 6.60. The zero-order chi connectivity index (χ0) is 29.6. The van der Waals surface area contributed by atoms with Crippen molar-refractivity contribution in [3.8, 4) is 0 Å². The molecule has 4 atom stereocenters. The third kappa shape index (κ3) is 5.45. The topological polar surface area (TPSA) is 107 Å². The molecule has 0 bridgehead atoms. The number of hydrogen-bond donors (Lipinski definition) is 2. The maximum atomic E-state index is 15.4. The maximum Gasteiger partial charge on any atom is 0.338 e. The van der Waals surface area contributed by atoms with Crippen LogP contribution in [0.25, 0.3) is 0 Å². The molecule has 0 saturated carbocycles. The highest BCUT2D eigenvalue weighted by Crippen LogP contribution is 2.43. The number of carboxylic acid groups (broad SMARTS) is 1. The summed E-state index contributed by atoms with van der Waals surface area (Å²) in [6.07, 6.45) is 1.89. The Bertz CT molecular complexity index is 1420. The monoisotopic (exact) mass is 615 g/mol. The summed E-state index contributed by atoms with van der Waals surface area (Å²) in [5.74, 6) is -8.22. The van der Waals surface area contributed by atoms with Gasteiger partial charge in [-0.05, 0) is 12.5 Å². The molecule has 1 aromatic heterocycles. The fourth-order valence-electron chi connectivity index (χ4n) is 5.76. The number of aromatic nitrogens is 1. The Morgan fingerprint density at radius 3 is 2.73 bits per heavy atom. The first kappa shape index (κ1) is 29.4. The van der Waals surface area contributed by atoms with Gasteiger partial charge in [0.15, 0.2) is 22.5 Å². The molecule has 1 aromatic carbocycles. The average molecular weight is 616 g/mol. The predicted molar refractivity (Wildman–Crippen MR) is 142 cm³/mol. The number of alkyl halides is 2. The molecule has 2 N–H and O–H groups in total. The summed E-state index contributed by atoms with van der Waals surface area (Å²) in [5.41, 5.74) is 0.0665. The van der Waals surface area contributed by atoms with Gasteiger partial charge in [0.2, 0.25) is 0 Å². The van der Waals surface area contributed by atoms with E-state index in [0.29, 0.717) is 11.4 Å². The van der Waals surface area contributed by atoms with Crippen molar-refractivity contribution in [2.45, 2.75) is 37.4 Å². The van der Waals surface area contributed by atoms with Crippen LogP contribution in [0, 0.1) is 17.6 Å². The van der Waals surface area contributed by atoms with Crippen LogP contribution in [0.2, 0.25) is 5.02 Å². The van der Waals surface area contributed by atoms with Gasteiger partial charge in [-0.15, -0.1) is 11.3 Å². The van der Waals surface area contributed by atoms with E-state index in [9.17, 15) is 23.5 Å². The molecule has 15 heteroatoms. The van der Waals surface area contributed by atoms with E-state index >= 15 is 8.78 Å². The minimum atomic E-state index is -3.16. The van der Waals surface area contributed by atoms with E-state index in [2.05, 4.69) is 15.3 Å². The van der Waals surface area contributed by atoms with Crippen molar-refractivity contribution in [3.63, 3.8) is 0 Å². The number of benzene rings is 1. The third-order valence-electron chi connectivity index (χ3n) is 7.60. The van der Waals surface area contributed by atoms with Gasteiger partial charge < -0.3 is 15.2 Å². The van der Waals surface area contributed by atoms with Gasteiger partial charge >= 0.3 is 11.9 Å². The highest BCUT2D eigenvalue weighted by molar-refractivity contribution is 7.11. The quantitative estimate of drug-likeness (QED) is 0.263. The number of amidine groups is 1. The zero-order valence-corrected chi connectivity index (χ0v) is 23.5. The van der Waals surface area contributed by atoms with Crippen LogP contribution in [-0.2, 0) is 14.3 Å². The first-order chi connectivity index (χ1) is 19.4. The van der Waals surface area contributed by atoms with Crippen molar-refractivity contribution in [3.05, 3.63) is 62.2 Å². The molecule has 0 spiro atoms. The van der Waals surface area contributed by atoms with E-state index in [1.165, 1.54) is 40.3 Å². The number of fused-ring (bicyclic) bond motifs is 1. The standard InChI is InChI=1S/C26H26ClF4N5O4S/c1-12(24(37)38)9-35-7-5-16-21(35)26(30,31)11-36(16)10-15-17(25(39)40-2)20(13-3-4-14(28)19(29)18(13)27)34-22(33-15)23-32-6-8-41-23/h3-4,6,8,12,16,20-21H,5,7,9-11H2,1-2H3,(H,33,34)(H,37,38)/t12?,16-,20?,21+/m0/s1. The Morgan fingerprint density at radius 1 is 1.32 bits per heavy atom. The van der Waals surface area contributed by atoms with E-state index in [0.717, 1.165) is 13.2 Å². The number of carbonyl (C=O) groups excluding carboxylic acids is 1. The second kappa shape index (κ2) is 11.3. The molecule has 41 heavy (non-hydrogen) atoms. The van der Waals surface area contributed by atoms with Crippen LogP contribution in [0.15, 0.2) is 40.0 Å². The van der Waals surface area contributed by atoms with Gasteiger partial charge in [-0.25, -0.2) is 27.3 Å². The zero-order valence-electron chi connectivity index (χ0n) is 21.9. The molecule has 220 valence electrons. The number of likely N-dealkylation sites (tertiary alicyclic amines) is 2. The third-order valence-corrected chi connectivity index (χ3v) is 8.77. The lowest BCUT2D eigenvalue weighted by atomic mass is 9.95. The lowest BCUT2D eigenvalue weighted by Gasteiger charge is -2.31. The Labute approximate surface area is 241 Å². The molecule has 0 amide bonds. The summed E-state index contributed by atoms with van der Waals surface area (Å²) in [7, 11) is 1.13. The van der Waals surface area contributed by atoms with Gasteiger partial charge in [-0.1, -0.05) is 24.6 Å². The summed E-state index contributed by atoms with van der Waals surface area (Å²) < 4.78 is 64.3. The number of methoxy groups -OCH3 is 1. The van der Waals surface area contributed by atoms with Crippen molar-refractivity contribution in [1.82, 2.24) is 20.1 Å². The number of esters is 1. The number of thiazole rings is 1. The van der Waals surface area contributed by atoms with Crippen molar-refractivity contribution < 1.29 is 37.0 Å². The number of aliphatic carboxylic acids is 1. The van der Waals surface area contributed by atoms with Gasteiger partial charge in [0, 0.05) is 48.5 Å². The van der Waals surface area contributed by atoms with E-state index in [4.69, 9.17) is 16.3 Å². The molecule has 0 aliphatic carbocycles. The summed E-state index contributed by atoms with van der Waals surface area (Å²) >= 11 is 7.40. The Hall–Kier alpha value is -3.07. The lowest BCUT2D eigenvalue weighted by Crippen LogP contribution is -2.47. The molecule has 3 aliphatic heterocycles. The van der Waals surface area contributed by atoms with Crippen LogP contribution in [0.3, 0.4) is 0 Å². The number of aliphatic imine (C=N–C) groups is 1. The molecule has 0 radical (unpaired) electrons. The number of ether oxygens (including phenoxy) is 1. The molecule has 2 saturated heterocycles. The molecule has 9 nitrogen and oxygen atoms in total. The second-order valence-corrected chi connectivity index (χ2v) is 11.5. The Kier molecular flexibility index (Phi) is 8.12. The van der Waals surface area contributed by atoms with Crippen molar-refractivity contribution in [2.24, 2.45) is 10.9 Å². The fraction of sp³-hybridized carbons (Fsp3) is 0.462. The van der Waals surface area contributed by atoms with Crippen LogP contribution >= 0.6 is 22.9 Å². The molecule has 2 aromatic rings. The smallest absolute Gasteiger partial charge is 0.338 e. The summed E-state index contributed by atoms with van der Waals surface area (Å²) in [6.45, 7) is 0.940. The van der Waals surface area contributed by atoms with Gasteiger partial charge in [-0.2, -0.15) is 0 Å². The van der Waals surface area contributed by atoms with Gasteiger partial charge in [0.05, 0.1) is 36.2 Å². The second-order valence-electron chi connectivity index (χ2n) is 10.2. The highest BCUT2D eigenvalue weighted by atomic mass is 35.5. The van der Waals surface area contributed by atoms with Crippen LogP contribution in [0.5, 0.6) is 0 Å². The number of rotatable bonds is 8. The van der Waals surface area contributed by atoms with Gasteiger partial charge in [0.1, 0.15) is 6.04 Å². The normalized spacial score (nSPS) is 25.0. The molecule has 2 fully saturated rings. The highest BCUT2D eigenvalue weighted by Gasteiger charge is 2.59. The summed E-state index contributed by atoms with van der Waals surface area (Å²) in [5, 5.41) is 13.9. The van der Waals surface area contributed by atoms with Crippen LogP contribution < -0.4 is 5.32 Å². The number of carboxylic acids is 1. The molecule has 3 aliphatic rings. The minimum absolute atomic E-state index is 0.0154.